The minimum atomic E-state index is -1.39. The summed E-state index contributed by atoms with van der Waals surface area (Å²) < 4.78 is 21.7. The second-order valence-corrected chi connectivity index (χ2v) is 7.17. The highest BCUT2D eigenvalue weighted by atomic mass is 19.1. The first-order valence-electron chi connectivity index (χ1n) is 8.90. The van der Waals surface area contributed by atoms with Gasteiger partial charge in [-0.05, 0) is 19.4 Å². The molecule has 0 radical (unpaired) electrons. The average Bonchev–Trinajstić information content (AvgIpc) is 3.05. The maximum Gasteiger partial charge on any atom is 0.256 e. The summed E-state index contributed by atoms with van der Waals surface area (Å²) in [5.41, 5.74) is -1.16. The van der Waals surface area contributed by atoms with Crippen LogP contribution in [0.25, 0.3) is 0 Å². The number of ether oxygens (including phenoxy) is 1. The number of aromatic nitrogens is 3. The van der Waals surface area contributed by atoms with E-state index in [0.717, 1.165) is 24.5 Å². The first kappa shape index (κ1) is 18.5. The van der Waals surface area contributed by atoms with Crippen molar-refractivity contribution in [1.29, 1.82) is 0 Å². The van der Waals surface area contributed by atoms with Gasteiger partial charge in [-0.2, -0.15) is 0 Å². The molecule has 140 valence electrons. The average molecular weight is 360 g/mol. The number of amides is 1. The van der Waals surface area contributed by atoms with E-state index in [0.29, 0.717) is 6.54 Å². The molecule has 0 fully saturated rings. The van der Waals surface area contributed by atoms with Crippen LogP contribution in [0, 0.1) is 5.82 Å². The fourth-order valence-corrected chi connectivity index (χ4v) is 3.39. The molecule has 6 nitrogen and oxygen atoms in total. The van der Waals surface area contributed by atoms with Gasteiger partial charge < -0.3 is 14.6 Å². The number of hydrogen-bond acceptors (Lipinski definition) is 4. The van der Waals surface area contributed by atoms with Crippen LogP contribution in [0.15, 0.2) is 24.3 Å². The molecule has 0 bridgehead atoms. The van der Waals surface area contributed by atoms with Gasteiger partial charge in [0.2, 0.25) is 0 Å². The number of nitrogens with one attached hydrogen (secondary N) is 1. The number of aryl methyl sites for hydroxylation is 1. The normalized spacial score (nSPS) is 19.1. The zero-order chi connectivity index (χ0) is 18.9. The molecule has 0 aliphatic carbocycles. The topological polar surface area (TPSA) is 69.0 Å². The molecule has 0 saturated carbocycles. The highest BCUT2D eigenvalue weighted by molar-refractivity contribution is 5.86. The van der Waals surface area contributed by atoms with Gasteiger partial charge in [0.25, 0.3) is 5.91 Å². The third-order valence-corrected chi connectivity index (χ3v) is 5.06. The van der Waals surface area contributed by atoms with Gasteiger partial charge >= 0.3 is 0 Å². The number of halogens is 1. The van der Waals surface area contributed by atoms with Crippen LogP contribution in [0.2, 0.25) is 0 Å². The highest BCUT2D eigenvalue weighted by Crippen LogP contribution is 2.28. The van der Waals surface area contributed by atoms with E-state index in [4.69, 9.17) is 4.74 Å². The Bertz CT molecular complexity index is 805. The molecule has 7 heteroatoms. The molecule has 1 N–H and O–H groups in total. The predicted molar refractivity (Wildman–Crippen MR) is 95.1 cm³/mol. The highest BCUT2D eigenvalue weighted by Gasteiger charge is 2.39. The molecular weight excluding hydrogens is 335 g/mol. The molecule has 1 amide bonds. The van der Waals surface area contributed by atoms with E-state index >= 15 is 0 Å². The van der Waals surface area contributed by atoms with Gasteiger partial charge in [0.15, 0.2) is 5.60 Å². The minimum Gasteiger partial charge on any atom is -0.364 e. The summed E-state index contributed by atoms with van der Waals surface area (Å²) in [5, 5.41) is 11.5. The molecule has 3 rings (SSSR count). The van der Waals surface area contributed by atoms with Crippen molar-refractivity contribution in [2.75, 3.05) is 7.11 Å². The number of nitrogens with zero attached hydrogens (tertiary/aromatic N) is 3. The Morgan fingerprint density at radius 1 is 1.38 bits per heavy atom. The fraction of sp³-hybridized carbons (Fsp3) is 0.526. The molecule has 2 atom stereocenters. The van der Waals surface area contributed by atoms with Crippen LogP contribution in [0.3, 0.4) is 0 Å². The van der Waals surface area contributed by atoms with Crippen molar-refractivity contribution in [1.82, 2.24) is 20.1 Å². The molecule has 1 aromatic heterocycles. The summed E-state index contributed by atoms with van der Waals surface area (Å²) in [5.74, 6) is 1.32. The van der Waals surface area contributed by atoms with Crippen molar-refractivity contribution >= 4 is 5.91 Å². The standard InChI is InChI=1S/C19H25FN4O2/c1-12(2)17-23-22-16-10-9-13(11-24(16)17)21-18(25)19(3,26-4)14-7-5-6-8-15(14)20/h5-8,12-13H,9-11H2,1-4H3,(H,21,25)/t13-,19+/m0/s1. The lowest BCUT2D eigenvalue weighted by molar-refractivity contribution is -0.144. The Kier molecular flexibility index (Phi) is 5.09. The summed E-state index contributed by atoms with van der Waals surface area (Å²) in [6.45, 7) is 6.34. The Labute approximate surface area is 152 Å². The Hall–Kier alpha value is -2.28. The van der Waals surface area contributed by atoms with Gasteiger partial charge in [-0.1, -0.05) is 32.0 Å². The van der Waals surface area contributed by atoms with Crippen molar-refractivity contribution < 1.29 is 13.9 Å². The SMILES string of the molecule is CO[C@@](C)(C(=O)N[C@H]1CCc2nnc(C(C)C)n2C1)c1ccccc1F. The summed E-state index contributed by atoms with van der Waals surface area (Å²) >= 11 is 0. The molecule has 0 spiro atoms. The fourth-order valence-electron chi connectivity index (χ4n) is 3.39. The predicted octanol–water partition coefficient (Wildman–Crippen LogP) is 2.53. The van der Waals surface area contributed by atoms with Crippen LogP contribution >= 0.6 is 0 Å². The summed E-state index contributed by atoms with van der Waals surface area (Å²) in [7, 11) is 1.42. The van der Waals surface area contributed by atoms with Crippen molar-refractivity contribution in [3.8, 4) is 0 Å². The minimum absolute atomic E-state index is 0.0789. The van der Waals surface area contributed by atoms with Gasteiger partial charge in [-0.25, -0.2) is 4.39 Å². The Morgan fingerprint density at radius 2 is 2.12 bits per heavy atom. The maximum absolute atomic E-state index is 14.2. The summed E-state index contributed by atoms with van der Waals surface area (Å²) in [6, 6.07) is 6.12. The van der Waals surface area contributed by atoms with Gasteiger partial charge in [0, 0.05) is 37.6 Å². The van der Waals surface area contributed by atoms with Crippen molar-refractivity contribution in [3.63, 3.8) is 0 Å². The lowest BCUT2D eigenvalue weighted by Gasteiger charge is -2.32. The van der Waals surface area contributed by atoms with Crippen molar-refractivity contribution in [2.24, 2.45) is 0 Å². The third-order valence-electron chi connectivity index (χ3n) is 5.06. The summed E-state index contributed by atoms with van der Waals surface area (Å²) in [4.78, 5) is 12.9. The molecule has 1 aliphatic heterocycles. The van der Waals surface area contributed by atoms with Crippen LogP contribution in [0.4, 0.5) is 4.39 Å². The van der Waals surface area contributed by atoms with Crippen LogP contribution in [-0.4, -0.2) is 33.8 Å². The van der Waals surface area contributed by atoms with Crippen LogP contribution in [0.5, 0.6) is 0 Å². The molecule has 1 aliphatic rings. The summed E-state index contributed by atoms with van der Waals surface area (Å²) in [6.07, 6.45) is 1.51. The zero-order valence-corrected chi connectivity index (χ0v) is 15.6. The number of fused-ring (bicyclic) bond motifs is 1. The molecule has 1 aromatic carbocycles. The number of carbonyl (C=O) groups excluding carboxylic acids is 1. The number of benzene rings is 1. The number of carbonyl (C=O) groups is 1. The van der Waals surface area contributed by atoms with Gasteiger partial charge in [-0.3, -0.25) is 4.79 Å². The Morgan fingerprint density at radius 3 is 2.77 bits per heavy atom. The van der Waals surface area contributed by atoms with Crippen LogP contribution in [-0.2, 0) is 28.1 Å². The largest absolute Gasteiger partial charge is 0.364 e. The first-order valence-corrected chi connectivity index (χ1v) is 8.90. The van der Waals surface area contributed by atoms with Crippen molar-refractivity contribution in [3.05, 3.63) is 47.3 Å². The van der Waals surface area contributed by atoms with Gasteiger partial charge in [0.05, 0.1) is 0 Å². The Balaban J connectivity index is 1.79. The lowest BCUT2D eigenvalue weighted by Crippen LogP contribution is -2.50. The van der Waals surface area contributed by atoms with Gasteiger partial charge in [0.1, 0.15) is 17.5 Å². The van der Waals surface area contributed by atoms with E-state index in [1.807, 2.05) is 0 Å². The molecule has 2 aromatic rings. The third kappa shape index (κ3) is 3.23. The van der Waals surface area contributed by atoms with E-state index in [1.165, 1.54) is 13.2 Å². The van der Waals surface area contributed by atoms with Crippen LogP contribution < -0.4 is 5.32 Å². The lowest BCUT2D eigenvalue weighted by atomic mass is 9.93. The second-order valence-electron chi connectivity index (χ2n) is 7.17. The van der Waals surface area contributed by atoms with Crippen LogP contribution in [0.1, 0.15) is 50.3 Å². The van der Waals surface area contributed by atoms with E-state index in [2.05, 4.69) is 33.9 Å². The van der Waals surface area contributed by atoms with Crippen molar-refractivity contribution in [2.45, 2.75) is 57.7 Å². The van der Waals surface area contributed by atoms with E-state index in [1.54, 1.807) is 25.1 Å². The zero-order valence-electron chi connectivity index (χ0n) is 15.6. The maximum atomic E-state index is 14.2. The quantitative estimate of drug-likeness (QED) is 0.890. The number of methoxy groups -OCH3 is 1. The number of hydrogen-bond donors (Lipinski definition) is 1. The van der Waals surface area contributed by atoms with Gasteiger partial charge in [-0.15, -0.1) is 10.2 Å². The molecule has 0 unspecified atom stereocenters. The molecule has 2 heterocycles. The number of rotatable bonds is 5. The monoisotopic (exact) mass is 360 g/mol. The van der Waals surface area contributed by atoms with E-state index < -0.39 is 11.4 Å². The first-order chi connectivity index (χ1) is 12.4. The van der Waals surface area contributed by atoms with E-state index in [9.17, 15) is 9.18 Å². The van der Waals surface area contributed by atoms with E-state index in [-0.39, 0.29) is 23.4 Å². The smallest absolute Gasteiger partial charge is 0.256 e. The molecule has 26 heavy (non-hydrogen) atoms. The molecule has 0 saturated heterocycles. The molecular formula is C19H25FN4O2. The second kappa shape index (κ2) is 7.15.